The second-order valence-corrected chi connectivity index (χ2v) is 2.05. The van der Waals surface area contributed by atoms with Gasteiger partial charge < -0.3 is 20.4 Å². The molecule has 0 saturated heterocycles. The largest absolute Gasteiger partial charge is 0.490 e. The van der Waals surface area contributed by atoms with Gasteiger partial charge in [0.2, 0.25) is 0 Å². The molecule has 0 aliphatic heterocycles. The van der Waals surface area contributed by atoms with Gasteiger partial charge in [-0.2, -0.15) is 26.3 Å². The Morgan fingerprint density at radius 1 is 0.722 bits per heavy atom. The van der Waals surface area contributed by atoms with Crippen LogP contribution in [0.2, 0.25) is 0 Å². The van der Waals surface area contributed by atoms with Crippen LogP contribution < -0.4 is 0 Å². The van der Waals surface area contributed by atoms with E-state index in [1.54, 1.807) is 0 Å². The zero-order valence-corrected chi connectivity index (χ0v) is 8.29. The Balaban J connectivity index is -0.000000196. The molecule has 0 radical (unpaired) electrons. The van der Waals surface area contributed by atoms with E-state index in [1.165, 1.54) is 0 Å². The fraction of sp³-hybridized carbons (Fsp3) is 0.667. The molecule has 0 aliphatic rings. The number of rotatable bonds is 1. The number of carboxylic acid groups (broad SMARTS) is 2. The third-order valence-electron chi connectivity index (χ3n) is 0.585. The Bertz CT molecular complexity index is 220. The van der Waals surface area contributed by atoms with Crippen LogP contribution >= 0.6 is 0 Å². The van der Waals surface area contributed by atoms with Crippen molar-refractivity contribution in [3.05, 3.63) is 0 Å². The van der Waals surface area contributed by atoms with Gasteiger partial charge in [-0.15, -0.1) is 0 Å². The van der Waals surface area contributed by atoms with Crippen LogP contribution in [-0.4, -0.2) is 57.9 Å². The molecule has 0 aliphatic carbocycles. The Hall–Kier alpha value is -1.56. The summed E-state index contributed by atoms with van der Waals surface area (Å²) in [7, 11) is 0. The van der Waals surface area contributed by atoms with Crippen molar-refractivity contribution >= 4 is 11.9 Å². The SMILES string of the molecule is O=C(O)C(F)(F)F.O=C(O)C(F)(F)F.OCCO. The van der Waals surface area contributed by atoms with Crippen LogP contribution in [0, 0.1) is 0 Å². The topological polar surface area (TPSA) is 115 Å². The number of carboxylic acids is 2. The summed E-state index contributed by atoms with van der Waals surface area (Å²) in [5.74, 6) is -5.51. The summed E-state index contributed by atoms with van der Waals surface area (Å²) < 4.78 is 63.5. The third-order valence-corrected chi connectivity index (χ3v) is 0.585. The summed E-state index contributed by atoms with van der Waals surface area (Å²) in [5, 5.41) is 29.5. The summed E-state index contributed by atoms with van der Waals surface area (Å²) in [6, 6.07) is 0. The van der Waals surface area contributed by atoms with Crippen molar-refractivity contribution in [3.8, 4) is 0 Å². The number of alkyl halides is 6. The molecule has 0 amide bonds. The molecule has 0 saturated carbocycles. The predicted octanol–water partition coefficient (Wildman–Crippen LogP) is 0.238. The summed E-state index contributed by atoms with van der Waals surface area (Å²) in [4.78, 5) is 17.8. The lowest BCUT2D eigenvalue weighted by Gasteiger charge is -1.93. The molecule has 18 heavy (non-hydrogen) atoms. The Morgan fingerprint density at radius 2 is 0.833 bits per heavy atom. The molecule has 6 nitrogen and oxygen atoms in total. The number of aliphatic carboxylic acids is 2. The Labute approximate surface area is 95.1 Å². The molecule has 110 valence electrons. The van der Waals surface area contributed by atoms with Gasteiger partial charge in [0.25, 0.3) is 0 Å². The minimum Gasteiger partial charge on any atom is -0.475 e. The van der Waals surface area contributed by atoms with Gasteiger partial charge in [0.1, 0.15) is 0 Å². The Kier molecular flexibility index (Phi) is 11.4. The van der Waals surface area contributed by atoms with E-state index in [-0.39, 0.29) is 13.2 Å². The van der Waals surface area contributed by atoms with Crippen LogP contribution in [-0.2, 0) is 9.59 Å². The summed E-state index contributed by atoms with van der Waals surface area (Å²) in [5.41, 5.74) is 0. The monoisotopic (exact) mass is 290 g/mol. The summed E-state index contributed by atoms with van der Waals surface area (Å²) >= 11 is 0. The van der Waals surface area contributed by atoms with Gasteiger partial charge in [-0.05, 0) is 0 Å². The second kappa shape index (κ2) is 9.47. The van der Waals surface area contributed by atoms with Gasteiger partial charge in [0, 0.05) is 0 Å². The summed E-state index contributed by atoms with van der Waals surface area (Å²) in [6.07, 6.45) is -10.2. The van der Waals surface area contributed by atoms with Gasteiger partial charge in [-0.3, -0.25) is 0 Å². The molecule has 0 bridgehead atoms. The van der Waals surface area contributed by atoms with E-state index in [0.29, 0.717) is 0 Å². The number of hydrogen-bond acceptors (Lipinski definition) is 4. The zero-order chi connectivity index (χ0) is 15.6. The third kappa shape index (κ3) is 19.9. The van der Waals surface area contributed by atoms with Crippen molar-refractivity contribution in [2.24, 2.45) is 0 Å². The number of hydrogen-bond donors (Lipinski definition) is 4. The minimum atomic E-state index is -5.08. The van der Waals surface area contributed by atoms with E-state index < -0.39 is 24.3 Å². The predicted molar refractivity (Wildman–Crippen MR) is 41.6 cm³/mol. The number of halogens is 6. The van der Waals surface area contributed by atoms with Gasteiger partial charge in [0.15, 0.2) is 0 Å². The average Bonchev–Trinajstić information content (AvgIpc) is 2.16. The van der Waals surface area contributed by atoms with Gasteiger partial charge in [0.05, 0.1) is 13.2 Å². The molecule has 0 atom stereocenters. The first-order chi connectivity index (χ1) is 7.80. The molecular formula is C6H8F6O6. The van der Waals surface area contributed by atoms with E-state index in [1.807, 2.05) is 0 Å². The zero-order valence-electron chi connectivity index (χ0n) is 8.29. The second-order valence-electron chi connectivity index (χ2n) is 2.05. The maximum Gasteiger partial charge on any atom is 0.490 e. The lowest BCUT2D eigenvalue weighted by atomic mass is 10.7. The molecule has 0 aromatic rings. The molecule has 4 N–H and O–H groups in total. The first-order valence-electron chi connectivity index (χ1n) is 3.62. The number of carbonyl (C=O) groups is 2. The molecule has 0 spiro atoms. The highest BCUT2D eigenvalue weighted by Gasteiger charge is 2.38. The van der Waals surface area contributed by atoms with Crippen LogP contribution in [0.5, 0.6) is 0 Å². The maximum absolute atomic E-state index is 10.6. The molecule has 0 fully saturated rings. The molecule has 12 heteroatoms. The van der Waals surface area contributed by atoms with Crippen molar-refractivity contribution in [3.63, 3.8) is 0 Å². The molecule has 0 aromatic carbocycles. The van der Waals surface area contributed by atoms with Crippen LogP contribution in [0.1, 0.15) is 0 Å². The Morgan fingerprint density at radius 3 is 0.833 bits per heavy atom. The fourth-order valence-corrected chi connectivity index (χ4v) is 0. The first kappa shape index (κ1) is 21.7. The lowest BCUT2D eigenvalue weighted by Crippen LogP contribution is -2.21. The molecule has 0 rings (SSSR count). The first-order valence-corrected chi connectivity index (χ1v) is 3.62. The van der Waals surface area contributed by atoms with Gasteiger partial charge in [-0.1, -0.05) is 0 Å². The molecule has 0 heterocycles. The van der Waals surface area contributed by atoms with Crippen molar-refractivity contribution in [1.29, 1.82) is 0 Å². The molecular weight excluding hydrogens is 282 g/mol. The minimum absolute atomic E-state index is 0.125. The number of aliphatic hydroxyl groups is 2. The van der Waals surface area contributed by atoms with E-state index in [0.717, 1.165) is 0 Å². The van der Waals surface area contributed by atoms with Crippen molar-refractivity contribution in [2.45, 2.75) is 12.4 Å². The standard InChI is InChI=1S/2C2HF3O2.C2H6O2/c2*3-2(4,5)1(6)7;3-1-2-4/h2*(H,6,7);3-4H,1-2H2. The quantitative estimate of drug-likeness (QED) is 0.514. The smallest absolute Gasteiger partial charge is 0.475 e. The van der Waals surface area contributed by atoms with Crippen molar-refractivity contribution in [2.75, 3.05) is 13.2 Å². The summed E-state index contributed by atoms with van der Waals surface area (Å²) in [6.45, 7) is -0.250. The van der Waals surface area contributed by atoms with Gasteiger partial charge in [-0.25, -0.2) is 9.59 Å². The van der Waals surface area contributed by atoms with Crippen LogP contribution in [0.25, 0.3) is 0 Å². The van der Waals surface area contributed by atoms with Gasteiger partial charge >= 0.3 is 24.3 Å². The highest BCUT2D eigenvalue weighted by molar-refractivity contribution is 5.73. The van der Waals surface area contributed by atoms with E-state index in [4.69, 9.17) is 30.0 Å². The van der Waals surface area contributed by atoms with E-state index >= 15 is 0 Å². The highest BCUT2D eigenvalue weighted by atomic mass is 19.4. The van der Waals surface area contributed by atoms with E-state index in [2.05, 4.69) is 0 Å². The maximum atomic E-state index is 10.6. The van der Waals surface area contributed by atoms with Crippen LogP contribution in [0.15, 0.2) is 0 Å². The van der Waals surface area contributed by atoms with Crippen LogP contribution in [0.4, 0.5) is 26.3 Å². The normalized spacial score (nSPS) is 10.4. The number of aliphatic hydroxyl groups excluding tert-OH is 2. The van der Waals surface area contributed by atoms with E-state index in [9.17, 15) is 26.3 Å². The van der Waals surface area contributed by atoms with Crippen molar-refractivity contribution in [1.82, 2.24) is 0 Å². The lowest BCUT2D eigenvalue weighted by molar-refractivity contribution is -0.193. The highest BCUT2D eigenvalue weighted by Crippen LogP contribution is 2.13. The van der Waals surface area contributed by atoms with Crippen molar-refractivity contribution < 1.29 is 56.4 Å². The average molecular weight is 290 g/mol. The fourth-order valence-electron chi connectivity index (χ4n) is 0. The van der Waals surface area contributed by atoms with Crippen LogP contribution in [0.3, 0.4) is 0 Å². The molecule has 0 aromatic heterocycles. The molecule has 0 unspecified atom stereocenters.